The lowest BCUT2D eigenvalue weighted by atomic mass is 9.89. The summed E-state index contributed by atoms with van der Waals surface area (Å²) in [6, 6.07) is 0. The van der Waals surface area contributed by atoms with Crippen LogP contribution in [0.15, 0.2) is 25.3 Å². The van der Waals surface area contributed by atoms with E-state index in [2.05, 4.69) is 18.5 Å². The highest BCUT2D eigenvalue weighted by Gasteiger charge is 2.94. The average molecular weight is 603 g/mol. The van der Waals surface area contributed by atoms with Crippen LogP contribution in [-0.4, -0.2) is 73.0 Å². The lowest BCUT2D eigenvalue weighted by molar-refractivity contribution is -0.439. The van der Waals surface area contributed by atoms with Gasteiger partial charge in [-0.1, -0.05) is 25.5 Å². The Kier molecular flexibility index (Phi) is 12.1. The van der Waals surface area contributed by atoms with Crippen LogP contribution in [0.2, 0.25) is 0 Å². The molecule has 0 heterocycles. The molecule has 0 aromatic carbocycles. The Morgan fingerprint density at radius 1 is 0.730 bits per heavy atom. The molecule has 0 bridgehead atoms. The zero-order valence-electron chi connectivity index (χ0n) is 18.3. The first-order valence-corrected chi connectivity index (χ1v) is 10.8. The summed E-state index contributed by atoms with van der Waals surface area (Å²) in [4.78, 5) is 0. The largest absolute Gasteiger partial charge is 0.438 e. The van der Waals surface area contributed by atoms with Gasteiger partial charge in [-0.2, -0.15) is 69.9 Å². The van der Waals surface area contributed by atoms with Gasteiger partial charge in [-0.05, 0) is 6.42 Å². The summed E-state index contributed by atoms with van der Waals surface area (Å²) in [6.45, 7) is 9.60. The molecule has 2 N–H and O–H groups in total. The maximum atomic E-state index is 13.4. The van der Waals surface area contributed by atoms with Gasteiger partial charge in [-0.3, -0.25) is 4.55 Å². The summed E-state index contributed by atoms with van der Waals surface area (Å²) in [5, 5.41) is -4.64. The van der Waals surface area contributed by atoms with E-state index in [1.807, 2.05) is 12.2 Å². The molecule has 0 aliphatic heterocycles. The van der Waals surface area contributed by atoms with Gasteiger partial charge in [0.05, 0.1) is 0 Å². The van der Waals surface area contributed by atoms with E-state index in [1.54, 1.807) is 0 Å². The van der Waals surface area contributed by atoms with Gasteiger partial charge in [0.25, 0.3) is 0 Å². The molecular weight excluding hydrogens is 583 g/mol. The second-order valence-electron chi connectivity index (χ2n) is 6.98. The Hall–Kier alpha value is -1.70. The maximum absolute atomic E-state index is 13.4. The van der Waals surface area contributed by atoms with Gasteiger partial charge in [-0.15, -0.1) is 13.2 Å². The number of halogens is 15. The lowest BCUT2D eigenvalue weighted by Crippen LogP contribution is -2.74. The molecular formula is C17H20F15NO3S. The zero-order chi connectivity index (χ0) is 30.5. The molecule has 0 aliphatic rings. The fourth-order valence-electron chi connectivity index (χ4n) is 2.06. The monoisotopic (exact) mass is 603 g/mol. The Morgan fingerprint density at radius 3 is 1.35 bits per heavy atom. The van der Waals surface area contributed by atoms with Crippen molar-refractivity contribution in [3.8, 4) is 0 Å². The minimum Gasteiger partial charge on any atom is -0.310 e. The van der Waals surface area contributed by atoms with Crippen molar-refractivity contribution in [2.45, 2.75) is 66.7 Å². The first-order chi connectivity index (χ1) is 16.1. The zero-order valence-corrected chi connectivity index (χ0v) is 19.1. The molecule has 37 heavy (non-hydrogen) atoms. The van der Waals surface area contributed by atoms with Gasteiger partial charge in [0, 0.05) is 13.1 Å². The molecule has 0 radical (unpaired) electrons. The van der Waals surface area contributed by atoms with E-state index < -0.39 is 69.9 Å². The van der Waals surface area contributed by atoms with E-state index in [0.717, 1.165) is 20.0 Å². The highest BCUT2D eigenvalue weighted by molar-refractivity contribution is 7.87. The van der Waals surface area contributed by atoms with Gasteiger partial charge in [0.1, 0.15) is 0 Å². The topological polar surface area (TPSA) is 66.4 Å². The lowest BCUT2D eigenvalue weighted by Gasteiger charge is -2.42. The summed E-state index contributed by atoms with van der Waals surface area (Å²) in [5.74, 6) is -48.5. The first kappa shape index (κ1) is 37.5. The Labute approximate surface area is 200 Å². The van der Waals surface area contributed by atoms with E-state index in [4.69, 9.17) is 4.55 Å². The van der Waals surface area contributed by atoms with Gasteiger partial charge >= 0.3 is 50.9 Å². The molecule has 1 unspecified atom stereocenters. The van der Waals surface area contributed by atoms with Gasteiger partial charge in [0.15, 0.2) is 6.17 Å². The number of hydrogen-bond donors (Lipinski definition) is 2. The molecule has 0 spiro atoms. The molecule has 0 saturated carbocycles. The van der Waals surface area contributed by atoms with Crippen molar-refractivity contribution in [3.63, 3.8) is 0 Å². The SMILES string of the molecule is C=CCNCC=C.CCCC(F)C(F)(F)C(F)(F)C(F)(F)C(F)(F)C(F)(F)C(F)(F)C(F)(F)S(=O)(=O)O. The van der Waals surface area contributed by atoms with Crippen LogP contribution in [0, 0.1) is 0 Å². The molecule has 1 atom stereocenters. The van der Waals surface area contributed by atoms with Crippen molar-refractivity contribution in [3.05, 3.63) is 25.3 Å². The third-order valence-corrected chi connectivity index (χ3v) is 5.10. The fourth-order valence-corrected chi connectivity index (χ4v) is 2.52. The second kappa shape index (κ2) is 12.0. The molecule has 0 amide bonds. The minimum atomic E-state index is -8.55. The van der Waals surface area contributed by atoms with Crippen LogP contribution in [0.1, 0.15) is 19.8 Å². The van der Waals surface area contributed by atoms with E-state index in [1.165, 1.54) is 0 Å². The summed E-state index contributed by atoms with van der Waals surface area (Å²) in [5.41, 5.74) is 0. The van der Waals surface area contributed by atoms with Crippen molar-refractivity contribution in [2.24, 2.45) is 0 Å². The Morgan fingerprint density at radius 2 is 1.05 bits per heavy atom. The van der Waals surface area contributed by atoms with Crippen LogP contribution >= 0.6 is 0 Å². The quantitative estimate of drug-likeness (QED) is 0.105. The van der Waals surface area contributed by atoms with Crippen molar-refractivity contribution in [2.75, 3.05) is 13.1 Å². The molecule has 0 aromatic rings. The van der Waals surface area contributed by atoms with Gasteiger partial charge < -0.3 is 5.32 Å². The van der Waals surface area contributed by atoms with E-state index >= 15 is 0 Å². The molecule has 222 valence electrons. The highest BCUT2D eigenvalue weighted by Crippen LogP contribution is 2.63. The second-order valence-corrected chi connectivity index (χ2v) is 8.44. The molecule has 0 saturated heterocycles. The van der Waals surface area contributed by atoms with Gasteiger partial charge in [0.2, 0.25) is 0 Å². The standard InChI is InChI=1S/C11H9F15O3S.C6H11N/c1-2-3-4(12)5(13,14)6(15,16)7(17,18)8(19,20)9(21,22)10(23,24)11(25,26)30(27,28)29;1-3-5-7-6-4-2/h4H,2-3H2,1H3,(H,27,28,29);3-4,7H,1-2,5-6H2. The van der Waals surface area contributed by atoms with Crippen molar-refractivity contribution >= 4 is 10.1 Å². The molecule has 4 nitrogen and oxygen atoms in total. The summed E-state index contributed by atoms with van der Waals surface area (Å²) < 4.78 is 226. The van der Waals surface area contributed by atoms with Crippen LogP contribution in [0.3, 0.4) is 0 Å². The third kappa shape index (κ3) is 6.48. The number of rotatable bonds is 14. The number of alkyl halides is 15. The Bertz CT molecular complexity index is 867. The molecule has 0 fully saturated rings. The average Bonchev–Trinajstić information content (AvgIpc) is 2.73. The first-order valence-electron chi connectivity index (χ1n) is 9.33. The Balaban J connectivity index is 0. The van der Waals surface area contributed by atoms with Crippen LogP contribution in [0.5, 0.6) is 0 Å². The van der Waals surface area contributed by atoms with Crippen LogP contribution in [-0.2, 0) is 10.1 Å². The summed E-state index contributed by atoms with van der Waals surface area (Å²) in [7, 11) is -7.77. The molecule has 0 aromatic heterocycles. The smallest absolute Gasteiger partial charge is 0.310 e. The van der Waals surface area contributed by atoms with Crippen molar-refractivity contribution < 1.29 is 78.8 Å². The van der Waals surface area contributed by atoms with E-state index in [-0.39, 0.29) is 0 Å². The van der Waals surface area contributed by atoms with Crippen LogP contribution < -0.4 is 5.32 Å². The number of nitrogens with one attached hydrogen (secondary N) is 1. The normalized spacial score (nSPS) is 15.5. The predicted molar refractivity (Wildman–Crippen MR) is 99.2 cm³/mol. The molecule has 0 rings (SSSR count). The fraction of sp³-hybridized carbons (Fsp3) is 0.765. The third-order valence-electron chi connectivity index (χ3n) is 4.20. The molecule has 20 heteroatoms. The maximum Gasteiger partial charge on any atom is 0.438 e. The van der Waals surface area contributed by atoms with E-state index in [9.17, 15) is 74.3 Å². The van der Waals surface area contributed by atoms with Crippen LogP contribution in [0.25, 0.3) is 0 Å². The summed E-state index contributed by atoms with van der Waals surface area (Å²) in [6.07, 6.45) is -3.32. The van der Waals surface area contributed by atoms with Crippen molar-refractivity contribution in [1.29, 1.82) is 0 Å². The molecule has 0 aliphatic carbocycles. The number of hydrogen-bond acceptors (Lipinski definition) is 3. The summed E-state index contributed by atoms with van der Waals surface area (Å²) >= 11 is 0. The highest BCUT2D eigenvalue weighted by atomic mass is 32.2. The predicted octanol–water partition coefficient (Wildman–Crippen LogP) is 6.37. The van der Waals surface area contributed by atoms with Gasteiger partial charge in [-0.25, -0.2) is 4.39 Å². The minimum absolute atomic E-state index is 0.791. The van der Waals surface area contributed by atoms with Crippen molar-refractivity contribution in [1.82, 2.24) is 5.32 Å². The van der Waals surface area contributed by atoms with E-state index in [0.29, 0.717) is 0 Å². The van der Waals surface area contributed by atoms with Crippen LogP contribution in [0.4, 0.5) is 65.9 Å².